The zero-order chi connectivity index (χ0) is 50.5. The zero-order valence-electron chi connectivity index (χ0n) is 43.8. The van der Waals surface area contributed by atoms with Gasteiger partial charge in [-0.1, -0.05) is 50.0 Å². The minimum Gasteiger partial charge on any atom is -0.476 e. The molecule has 0 saturated heterocycles. The van der Waals surface area contributed by atoms with E-state index in [4.69, 9.17) is 10.8 Å². The third kappa shape index (κ3) is 11.0. The lowest BCUT2D eigenvalue weighted by atomic mass is 9.44. The van der Waals surface area contributed by atoms with Gasteiger partial charge in [0.2, 0.25) is 0 Å². The summed E-state index contributed by atoms with van der Waals surface area (Å²) in [5, 5.41) is 49.9. The Morgan fingerprint density at radius 1 is 0.554 bits per heavy atom. The number of ketones is 2. The molecule has 16 atom stereocenters. The van der Waals surface area contributed by atoms with Crippen LogP contribution in [0, 0.1) is 80.8 Å². The highest BCUT2D eigenvalue weighted by Gasteiger charge is 2.63. The summed E-state index contributed by atoms with van der Waals surface area (Å²) in [6.07, 6.45) is 26.9. The first-order valence-electron chi connectivity index (χ1n) is 28.1. The van der Waals surface area contributed by atoms with Crippen molar-refractivity contribution in [2.75, 3.05) is 0 Å². The van der Waals surface area contributed by atoms with Gasteiger partial charge in [-0.15, -0.1) is 10.2 Å². The van der Waals surface area contributed by atoms with Crippen LogP contribution in [0.25, 0.3) is 0 Å². The van der Waals surface area contributed by atoms with Crippen LogP contribution >= 0.6 is 0 Å². The van der Waals surface area contributed by atoms with Crippen LogP contribution in [0.5, 0.6) is 0 Å². The van der Waals surface area contributed by atoms with Crippen molar-refractivity contribution in [1.82, 2.24) is 35.3 Å². The Labute approximate surface area is 443 Å². The third-order valence-electron chi connectivity index (χ3n) is 22.3. The normalized spacial score (nSPS) is 42.3. The number of carboxylic acids is 1. The molecule has 0 aliphatic heterocycles. The average molecular weight is 1030 g/mol. The summed E-state index contributed by atoms with van der Waals surface area (Å²) in [6.45, 7) is 14.0. The van der Waals surface area contributed by atoms with Gasteiger partial charge >= 0.3 is 5.97 Å². The first-order valence-corrected chi connectivity index (χ1v) is 28.1. The van der Waals surface area contributed by atoms with Gasteiger partial charge in [-0.2, -0.15) is 19.8 Å². The van der Waals surface area contributed by atoms with Gasteiger partial charge < -0.3 is 26.4 Å². The molecule has 0 aromatic carbocycles. The van der Waals surface area contributed by atoms with Crippen LogP contribution in [0.2, 0.25) is 0 Å². The lowest BCUT2D eigenvalue weighted by Crippen LogP contribution is -2.55. The largest absolute Gasteiger partial charge is 0.476 e. The Hall–Kier alpha value is -3.56. The van der Waals surface area contributed by atoms with Gasteiger partial charge in [0.15, 0.2) is 23.0 Å². The molecule has 2 aromatic heterocycles. The summed E-state index contributed by atoms with van der Waals surface area (Å²) in [4.78, 5) is 52.8. The van der Waals surface area contributed by atoms with Crippen molar-refractivity contribution in [2.24, 2.45) is 86.6 Å². The first kappa shape index (κ1) is 58.1. The van der Waals surface area contributed by atoms with E-state index in [2.05, 4.69) is 53.4 Å². The monoisotopic (exact) mass is 1030 g/mol. The van der Waals surface area contributed by atoms with E-state index in [9.17, 15) is 29.4 Å². The minimum absolute atomic E-state index is 0. The fourth-order valence-electron chi connectivity index (χ4n) is 18.0. The number of nitrogens with zero attached hydrogens (tertiary/aromatic N) is 6. The predicted octanol–water partition coefficient (Wildman–Crippen LogP) is 10.1. The highest BCUT2D eigenvalue weighted by atomic mass is 16.4. The zero-order valence-corrected chi connectivity index (χ0v) is 43.8. The quantitative estimate of drug-likeness (QED) is 0.158. The Morgan fingerprint density at radius 2 is 0.959 bits per heavy atom. The van der Waals surface area contributed by atoms with Crippen molar-refractivity contribution in [3.63, 3.8) is 0 Å². The molecule has 2 aromatic rings. The summed E-state index contributed by atoms with van der Waals surface area (Å²) in [5.74, 6) is 4.38. The van der Waals surface area contributed by atoms with E-state index >= 15 is 0 Å². The number of carbonyl (C=O) groups excluding carboxylic acids is 3. The van der Waals surface area contributed by atoms with Gasteiger partial charge in [-0.05, 0) is 224 Å². The van der Waals surface area contributed by atoms with E-state index in [-0.39, 0.29) is 87.2 Å². The molecule has 1 amide bonds. The van der Waals surface area contributed by atoms with Crippen molar-refractivity contribution in [1.29, 1.82) is 0 Å². The third-order valence-corrected chi connectivity index (χ3v) is 22.3. The second-order valence-corrected chi connectivity index (χ2v) is 26.9. The van der Waals surface area contributed by atoms with E-state index in [1.54, 1.807) is 0 Å². The molecule has 0 spiro atoms. The summed E-state index contributed by atoms with van der Waals surface area (Å²) >= 11 is 0. The van der Waals surface area contributed by atoms with Crippen LogP contribution in [-0.4, -0.2) is 92.0 Å². The van der Waals surface area contributed by atoms with Gasteiger partial charge in [-0.25, -0.2) is 4.79 Å². The molecular weight excluding hydrogens is 933 g/mol. The molecular formula is C59H98N8O7. The van der Waals surface area contributed by atoms with E-state index in [0.29, 0.717) is 64.0 Å². The number of rotatable bonds is 9. The van der Waals surface area contributed by atoms with E-state index in [0.717, 1.165) is 95.8 Å². The van der Waals surface area contributed by atoms with Gasteiger partial charge in [0, 0.05) is 23.9 Å². The fourth-order valence-corrected chi connectivity index (χ4v) is 18.0. The molecule has 0 radical (unpaired) electrons. The number of amides is 1. The summed E-state index contributed by atoms with van der Waals surface area (Å²) < 4.78 is 0. The number of carboxylic acid groups (broad SMARTS) is 1. The highest BCUT2D eigenvalue weighted by molar-refractivity contribution is 5.92. The second-order valence-electron chi connectivity index (χ2n) is 26.9. The molecule has 2 heterocycles. The summed E-state index contributed by atoms with van der Waals surface area (Å²) in [5.41, 5.74) is 5.13. The molecule has 15 heteroatoms. The number of aromatic nitrogens is 6. The molecule has 0 bridgehead atoms. The minimum atomic E-state index is -1.12. The van der Waals surface area contributed by atoms with Crippen LogP contribution in [0.3, 0.4) is 0 Å². The number of hydrogen-bond donors (Lipinski definition) is 5. The summed E-state index contributed by atoms with van der Waals surface area (Å²) in [7, 11) is 0. The van der Waals surface area contributed by atoms with E-state index in [1.165, 1.54) is 73.4 Å². The van der Waals surface area contributed by atoms with E-state index < -0.39 is 17.2 Å². The Kier molecular flexibility index (Phi) is 16.8. The predicted molar refractivity (Wildman–Crippen MR) is 287 cm³/mol. The lowest BCUT2D eigenvalue weighted by molar-refractivity contribution is -0.151. The molecule has 10 aliphatic carbocycles. The lowest BCUT2D eigenvalue weighted by Gasteiger charge is -2.61. The second kappa shape index (κ2) is 21.3. The van der Waals surface area contributed by atoms with Crippen LogP contribution < -0.4 is 11.1 Å². The van der Waals surface area contributed by atoms with Crippen LogP contribution in [0.15, 0.2) is 12.4 Å². The number of Topliss-reactive ketones (excluding diaryl/α,β-unsaturated/α-hetero) is 2. The fraction of sp³-hybridized carbons (Fsp3) is 0.864. The number of nitrogens with one attached hydrogen (secondary N) is 1. The van der Waals surface area contributed by atoms with Gasteiger partial charge in [0.25, 0.3) is 5.91 Å². The van der Waals surface area contributed by atoms with Crippen LogP contribution in [-0.2, 0) is 22.7 Å². The maximum atomic E-state index is 13.5. The standard InChI is InChI=1S/C28H42N4O3.C25H37N3O4.C3H7N.3CH4/c1-26(35)12-13-27(2)17(14-26)4-7-19-20-8-9-22(28(20,3)11-10-21(19)27)24(33)16-32-29-15-23(31-32)25(34)30-18-5-6-18;1-23(32)10-11-24(2)15(12-23)4-5-16-17-6-7-19(25(17,3)9-8-18(16)24)21(29)14-28-26-13-20(27-28)22(30)31;4-3-1-2-3;;;/h15,17-22,35H,4-14,16H2,1-3H3,(H,30,34);13,15-19,32H,4-12,14H2,1-3H3,(H,30,31);3H,1-2,4H2;3*1H4/t17-,19+,20+,21+,22-,26-,27+,28+;15-,16+,17+,18+,19-,23-,24+,25+;;;;/m11..../s1. The van der Waals surface area contributed by atoms with Crippen molar-refractivity contribution in [3.8, 4) is 0 Å². The molecule has 15 nitrogen and oxygen atoms in total. The Balaban J connectivity index is 0.000000194. The van der Waals surface area contributed by atoms with Crippen molar-refractivity contribution < 1.29 is 34.5 Å². The Morgan fingerprint density at radius 3 is 1.35 bits per heavy atom. The van der Waals surface area contributed by atoms with Gasteiger partial charge in [0.1, 0.15) is 13.1 Å². The average Bonchev–Trinajstić information content (AvgIpc) is 4.05. The first-order chi connectivity index (χ1) is 33.5. The van der Waals surface area contributed by atoms with E-state index in [1.807, 2.05) is 13.8 Å². The smallest absolute Gasteiger partial charge is 0.358 e. The molecule has 416 valence electrons. The van der Waals surface area contributed by atoms with Crippen molar-refractivity contribution in [2.45, 2.75) is 241 Å². The van der Waals surface area contributed by atoms with Crippen molar-refractivity contribution in [3.05, 3.63) is 23.8 Å². The maximum absolute atomic E-state index is 13.5. The number of aromatic carboxylic acids is 1. The van der Waals surface area contributed by atoms with Gasteiger partial charge in [0.05, 0.1) is 23.6 Å². The maximum Gasteiger partial charge on any atom is 0.358 e. The van der Waals surface area contributed by atoms with Gasteiger partial charge in [-0.3, -0.25) is 14.4 Å². The molecule has 74 heavy (non-hydrogen) atoms. The number of carbonyl (C=O) groups is 4. The Bertz CT molecular complexity index is 2340. The molecule has 10 fully saturated rings. The number of hydrogen-bond acceptors (Lipinski definition) is 11. The SMILES string of the molecule is C.C.C.C[C@@]1(O)CC[C@@]2(C)[C@H](CC[C@@H]3[C@@H]2CC[C@]2(C)[C@@H](C(=O)Cn4ncc(C(=O)NC5CC5)n4)CC[C@@H]32)C1.C[C@@]1(O)CC[C@@]2(C)[C@H](CC[C@@H]3[C@@H]2CC[C@]2(C)[C@@H](C(=O)Cn4ncc(C(=O)O)n4)CC[C@@H]32)C1.NC1CC1. The topological polar surface area (TPSA) is 228 Å². The number of fused-ring (bicyclic) bond motifs is 10. The number of aliphatic hydroxyl groups is 2. The van der Waals surface area contributed by atoms with Crippen molar-refractivity contribution >= 4 is 23.4 Å². The van der Waals surface area contributed by atoms with Crippen LogP contribution in [0.4, 0.5) is 0 Å². The molecule has 0 unspecified atom stereocenters. The number of nitrogens with two attached hydrogens (primary N) is 1. The molecule has 12 rings (SSSR count). The molecule has 6 N–H and O–H groups in total. The molecule has 10 aliphatic rings. The highest BCUT2D eigenvalue weighted by Crippen LogP contribution is 2.70. The summed E-state index contributed by atoms with van der Waals surface area (Å²) in [6, 6.07) is 0.860. The van der Waals surface area contributed by atoms with Crippen LogP contribution in [0.1, 0.15) is 226 Å². The molecule has 10 saturated carbocycles.